The summed E-state index contributed by atoms with van der Waals surface area (Å²) in [6.07, 6.45) is 3.59. The molecule has 0 unspecified atom stereocenters. The summed E-state index contributed by atoms with van der Waals surface area (Å²) in [5.74, 6) is -0.0388. The van der Waals surface area contributed by atoms with Crippen LogP contribution in [0.15, 0.2) is 37.4 Å². The predicted octanol–water partition coefficient (Wildman–Crippen LogP) is 2.99. The summed E-state index contributed by atoms with van der Waals surface area (Å²) < 4.78 is 18.7. The molecule has 0 radical (unpaired) electrons. The number of nitrogens with zero attached hydrogens (tertiary/aromatic N) is 1. The molecule has 16 heavy (non-hydrogen) atoms. The molecule has 1 rings (SSSR count). The average Bonchev–Trinajstić information content (AvgIpc) is 2.29. The third-order valence-electron chi connectivity index (χ3n) is 2.04. The van der Waals surface area contributed by atoms with Crippen LogP contribution >= 0.6 is 0 Å². The summed E-state index contributed by atoms with van der Waals surface area (Å²) in [4.78, 5) is 0. The smallest absolute Gasteiger partial charge is 0.141 e. The first-order valence-electron chi connectivity index (χ1n) is 4.80. The minimum Gasteiger partial charge on any atom is -0.489 e. The predicted molar refractivity (Wildman–Crippen MR) is 60.7 cm³/mol. The number of halogens is 1. The minimum atomic E-state index is -0.537. The van der Waals surface area contributed by atoms with Gasteiger partial charge in [0.2, 0.25) is 0 Å². The van der Waals surface area contributed by atoms with E-state index in [2.05, 4.69) is 13.2 Å². The Bertz CT molecular complexity index is 446. The Morgan fingerprint density at radius 2 is 2.12 bits per heavy atom. The first-order chi connectivity index (χ1) is 7.74. The third kappa shape index (κ3) is 2.48. The van der Waals surface area contributed by atoms with Gasteiger partial charge in [0.05, 0.1) is 5.56 Å². The van der Waals surface area contributed by atoms with Gasteiger partial charge in [0.25, 0.3) is 0 Å². The van der Waals surface area contributed by atoms with Crippen molar-refractivity contribution in [3.8, 4) is 11.8 Å². The van der Waals surface area contributed by atoms with Crippen molar-refractivity contribution in [3.63, 3.8) is 0 Å². The molecule has 0 aliphatic carbocycles. The van der Waals surface area contributed by atoms with Crippen molar-refractivity contribution in [3.05, 3.63) is 54.4 Å². The molecule has 0 aliphatic heterocycles. The van der Waals surface area contributed by atoms with Gasteiger partial charge in [0, 0.05) is 5.56 Å². The van der Waals surface area contributed by atoms with Crippen LogP contribution in [0.3, 0.4) is 0 Å². The van der Waals surface area contributed by atoms with Gasteiger partial charge in [-0.05, 0) is 18.6 Å². The second-order valence-corrected chi connectivity index (χ2v) is 3.10. The van der Waals surface area contributed by atoms with E-state index in [1.807, 2.05) is 6.07 Å². The molecule has 0 spiro atoms. The van der Waals surface area contributed by atoms with Gasteiger partial charge in [0.1, 0.15) is 24.2 Å². The van der Waals surface area contributed by atoms with Crippen LogP contribution in [0.4, 0.5) is 4.39 Å². The lowest BCUT2D eigenvalue weighted by atomic mass is 10.0. The van der Waals surface area contributed by atoms with Gasteiger partial charge in [-0.25, -0.2) is 4.39 Å². The molecule has 3 heteroatoms. The lowest BCUT2D eigenvalue weighted by Crippen LogP contribution is -2.01. The summed E-state index contributed by atoms with van der Waals surface area (Å²) in [5.41, 5.74) is 0.542. The molecule has 0 aliphatic rings. The average molecular weight is 217 g/mol. The van der Waals surface area contributed by atoms with Gasteiger partial charge < -0.3 is 4.74 Å². The molecule has 0 atom stereocenters. The van der Waals surface area contributed by atoms with E-state index in [1.54, 1.807) is 12.2 Å². The van der Waals surface area contributed by atoms with E-state index in [9.17, 15) is 4.39 Å². The first-order valence-corrected chi connectivity index (χ1v) is 4.80. The number of rotatable bonds is 5. The van der Waals surface area contributed by atoms with Gasteiger partial charge in [-0.15, -0.1) is 6.58 Å². The largest absolute Gasteiger partial charge is 0.489 e. The van der Waals surface area contributed by atoms with Crippen molar-refractivity contribution in [2.75, 3.05) is 6.61 Å². The van der Waals surface area contributed by atoms with E-state index in [1.165, 1.54) is 12.1 Å². The Kier molecular flexibility index (Phi) is 4.28. The summed E-state index contributed by atoms with van der Waals surface area (Å²) in [7, 11) is 0. The van der Waals surface area contributed by atoms with Crippen LogP contribution in [0.2, 0.25) is 0 Å². The zero-order chi connectivity index (χ0) is 12.0. The Labute approximate surface area is 94.3 Å². The molecular weight excluding hydrogens is 205 g/mol. The number of allylic oxidation sites excluding steroid dienone is 1. The van der Waals surface area contributed by atoms with Crippen LogP contribution < -0.4 is 4.74 Å². The van der Waals surface area contributed by atoms with Gasteiger partial charge in [0.15, 0.2) is 0 Å². The second-order valence-electron chi connectivity index (χ2n) is 3.10. The summed E-state index contributed by atoms with van der Waals surface area (Å²) in [6.45, 7) is 7.42. The Balaban J connectivity index is 3.21. The molecular formula is C13H12FNO. The van der Waals surface area contributed by atoms with E-state index in [0.29, 0.717) is 24.3 Å². The minimum absolute atomic E-state index is 0.0152. The topological polar surface area (TPSA) is 33.0 Å². The Hall–Kier alpha value is -2.08. The van der Waals surface area contributed by atoms with Crippen LogP contribution in [-0.2, 0) is 6.42 Å². The number of hydrogen-bond acceptors (Lipinski definition) is 2. The van der Waals surface area contributed by atoms with Crippen LogP contribution in [-0.4, -0.2) is 6.61 Å². The molecule has 82 valence electrons. The van der Waals surface area contributed by atoms with E-state index in [4.69, 9.17) is 10.00 Å². The van der Waals surface area contributed by atoms with Gasteiger partial charge in [-0.2, -0.15) is 5.26 Å². The van der Waals surface area contributed by atoms with Crippen LogP contribution in [0.5, 0.6) is 5.75 Å². The second kappa shape index (κ2) is 5.72. The number of ether oxygens (including phenoxy) is 1. The van der Waals surface area contributed by atoms with Crippen molar-refractivity contribution in [2.45, 2.75) is 6.42 Å². The molecule has 0 bridgehead atoms. The standard InChI is InChI=1S/C13H12FNO/c1-3-5-10-11(9-15)12(14)6-7-13(10)16-8-4-2/h3-4,6-7H,1-2,5,8H2. The summed E-state index contributed by atoms with van der Waals surface area (Å²) in [5, 5.41) is 8.88. The Morgan fingerprint density at radius 1 is 1.38 bits per heavy atom. The molecule has 2 nitrogen and oxygen atoms in total. The highest BCUT2D eigenvalue weighted by molar-refractivity contribution is 5.48. The number of hydrogen-bond donors (Lipinski definition) is 0. The molecule has 0 N–H and O–H groups in total. The normalized spacial score (nSPS) is 9.25. The zero-order valence-electron chi connectivity index (χ0n) is 8.87. The van der Waals surface area contributed by atoms with Crippen molar-refractivity contribution in [2.24, 2.45) is 0 Å². The Morgan fingerprint density at radius 3 is 2.69 bits per heavy atom. The fourth-order valence-corrected chi connectivity index (χ4v) is 1.35. The maximum Gasteiger partial charge on any atom is 0.141 e. The van der Waals surface area contributed by atoms with Crippen molar-refractivity contribution < 1.29 is 9.13 Å². The van der Waals surface area contributed by atoms with E-state index in [-0.39, 0.29) is 5.56 Å². The number of benzene rings is 1. The quantitative estimate of drug-likeness (QED) is 0.710. The number of nitriles is 1. The van der Waals surface area contributed by atoms with E-state index < -0.39 is 5.82 Å². The summed E-state index contributed by atoms with van der Waals surface area (Å²) >= 11 is 0. The molecule has 0 heterocycles. The molecule has 1 aromatic rings. The summed E-state index contributed by atoms with van der Waals surface area (Å²) in [6, 6.07) is 4.58. The zero-order valence-corrected chi connectivity index (χ0v) is 8.87. The van der Waals surface area contributed by atoms with Crippen LogP contribution in [0.25, 0.3) is 0 Å². The highest BCUT2D eigenvalue weighted by Gasteiger charge is 2.12. The highest BCUT2D eigenvalue weighted by Crippen LogP contribution is 2.25. The maximum atomic E-state index is 13.3. The van der Waals surface area contributed by atoms with Crippen molar-refractivity contribution in [1.82, 2.24) is 0 Å². The van der Waals surface area contributed by atoms with Gasteiger partial charge in [-0.1, -0.05) is 18.7 Å². The fraction of sp³-hybridized carbons (Fsp3) is 0.154. The monoisotopic (exact) mass is 217 g/mol. The van der Waals surface area contributed by atoms with E-state index in [0.717, 1.165) is 0 Å². The lowest BCUT2D eigenvalue weighted by molar-refractivity contribution is 0.359. The van der Waals surface area contributed by atoms with Crippen molar-refractivity contribution in [1.29, 1.82) is 5.26 Å². The van der Waals surface area contributed by atoms with Crippen LogP contribution in [0, 0.1) is 17.1 Å². The van der Waals surface area contributed by atoms with Crippen LogP contribution in [0.1, 0.15) is 11.1 Å². The maximum absolute atomic E-state index is 13.3. The lowest BCUT2D eigenvalue weighted by Gasteiger charge is -2.10. The van der Waals surface area contributed by atoms with Gasteiger partial charge >= 0.3 is 0 Å². The molecule has 0 aromatic heterocycles. The van der Waals surface area contributed by atoms with E-state index >= 15 is 0 Å². The van der Waals surface area contributed by atoms with Gasteiger partial charge in [-0.3, -0.25) is 0 Å². The first kappa shape index (κ1) is 12.0. The van der Waals surface area contributed by atoms with Crippen molar-refractivity contribution >= 4 is 0 Å². The molecule has 1 aromatic carbocycles. The third-order valence-corrected chi connectivity index (χ3v) is 2.04. The molecule has 0 amide bonds. The molecule has 0 saturated heterocycles. The fourth-order valence-electron chi connectivity index (χ4n) is 1.35. The SMILES string of the molecule is C=CCOc1ccc(F)c(C#N)c1CC=C. The molecule has 0 fully saturated rings. The highest BCUT2D eigenvalue weighted by atomic mass is 19.1. The molecule has 0 saturated carbocycles.